The van der Waals surface area contributed by atoms with Crippen LogP contribution in [0.25, 0.3) is 0 Å². The molecule has 1 N–H and O–H groups in total. The van der Waals surface area contributed by atoms with Crippen molar-refractivity contribution in [3.8, 4) is 5.75 Å². The van der Waals surface area contributed by atoms with Gasteiger partial charge >= 0.3 is 0 Å². The summed E-state index contributed by atoms with van der Waals surface area (Å²) in [5.74, 6) is 2.66. The maximum absolute atomic E-state index is 7.11. The standard InChI is InChI=1S/C23H28N2O2/c1-26-15-5-4-14-9-21-12-25(11-13-2-3-13)20(21)22-7-6-17-19(18(27-22)10-24-17)23(21,22)16(14)8-15/h4-5,8,13,17-20,24H,2-3,6-7,9-12H2,1H3/t17?,18-,19?,20?,21?,22?,23?/m1/s1. The summed E-state index contributed by atoms with van der Waals surface area (Å²) in [5.41, 5.74) is 3.94. The molecule has 142 valence electrons. The van der Waals surface area contributed by atoms with Crippen LogP contribution in [-0.2, 0) is 16.6 Å². The van der Waals surface area contributed by atoms with Crippen LogP contribution in [0.15, 0.2) is 18.2 Å². The Kier molecular flexibility index (Phi) is 2.33. The normalized spacial score (nSPS) is 53.1. The van der Waals surface area contributed by atoms with E-state index in [-0.39, 0.29) is 11.0 Å². The first-order valence-electron chi connectivity index (χ1n) is 11.1. The van der Waals surface area contributed by atoms with Crippen molar-refractivity contribution in [2.24, 2.45) is 17.3 Å². The number of hydrogen-bond donors (Lipinski definition) is 1. The zero-order chi connectivity index (χ0) is 17.6. The Bertz CT molecular complexity index is 883. The molecule has 7 aliphatic rings. The Morgan fingerprint density at radius 1 is 1.30 bits per heavy atom. The summed E-state index contributed by atoms with van der Waals surface area (Å²) in [7, 11) is 1.81. The van der Waals surface area contributed by atoms with Gasteiger partial charge in [-0.25, -0.2) is 0 Å². The molecule has 4 aliphatic carbocycles. The maximum atomic E-state index is 7.11. The van der Waals surface area contributed by atoms with E-state index in [4.69, 9.17) is 9.47 Å². The van der Waals surface area contributed by atoms with E-state index in [1.54, 1.807) is 18.2 Å². The first-order chi connectivity index (χ1) is 13.2. The highest BCUT2D eigenvalue weighted by atomic mass is 16.5. The van der Waals surface area contributed by atoms with Gasteiger partial charge in [-0.15, -0.1) is 0 Å². The Balaban J connectivity index is 1.35. The molecule has 8 rings (SSSR count). The molecular formula is C23H28N2O2. The van der Waals surface area contributed by atoms with Gasteiger partial charge in [0.15, 0.2) is 0 Å². The van der Waals surface area contributed by atoms with E-state index in [9.17, 15) is 0 Å². The first-order valence-corrected chi connectivity index (χ1v) is 11.1. The van der Waals surface area contributed by atoms with Gasteiger partial charge in [-0.3, -0.25) is 4.90 Å². The van der Waals surface area contributed by atoms with Crippen LogP contribution in [0, 0.1) is 17.3 Å². The molecule has 6 unspecified atom stereocenters. The third kappa shape index (κ3) is 1.28. The van der Waals surface area contributed by atoms with E-state index in [0.29, 0.717) is 29.5 Å². The van der Waals surface area contributed by atoms with Crippen LogP contribution in [0.5, 0.6) is 5.75 Å². The molecule has 3 saturated carbocycles. The van der Waals surface area contributed by atoms with E-state index >= 15 is 0 Å². The zero-order valence-electron chi connectivity index (χ0n) is 16.0. The minimum Gasteiger partial charge on any atom is -0.497 e. The summed E-state index contributed by atoms with van der Waals surface area (Å²) < 4.78 is 12.8. The summed E-state index contributed by atoms with van der Waals surface area (Å²) in [4.78, 5) is 2.84. The molecule has 1 aromatic rings. The van der Waals surface area contributed by atoms with Gasteiger partial charge in [0.2, 0.25) is 0 Å². The van der Waals surface area contributed by atoms with Crippen molar-refractivity contribution < 1.29 is 9.47 Å². The largest absolute Gasteiger partial charge is 0.497 e. The Morgan fingerprint density at radius 2 is 2.22 bits per heavy atom. The Hall–Kier alpha value is -1.10. The molecule has 4 nitrogen and oxygen atoms in total. The molecular weight excluding hydrogens is 336 g/mol. The summed E-state index contributed by atoms with van der Waals surface area (Å²) in [6.07, 6.45) is 7.11. The maximum Gasteiger partial charge on any atom is 0.119 e. The van der Waals surface area contributed by atoms with Crippen molar-refractivity contribution in [1.82, 2.24) is 10.2 Å². The molecule has 2 bridgehead atoms. The predicted molar refractivity (Wildman–Crippen MR) is 101 cm³/mol. The second-order valence-electron chi connectivity index (χ2n) is 10.6. The molecule has 0 aromatic heterocycles. The minimum absolute atomic E-state index is 0.0751. The van der Waals surface area contributed by atoms with E-state index in [0.717, 1.165) is 18.2 Å². The van der Waals surface area contributed by atoms with Gasteiger partial charge in [0, 0.05) is 48.5 Å². The van der Waals surface area contributed by atoms with Crippen LogP contribution < -0.4 is 10.1 Å². The van der Waals surface area contributed by atoms with Crippen molar-refractivity contribution in [1.29, 1.82) is 0 Å². The SMILES string of the molecule is COc1ccc2c(c1)C13C4C5CCC1(O[C@@H]4CN5)C1N(CC4CC4)CC13C2. The fraction of sp³-hybridized carbons (Fsp3) is 0.739. The van der Waals surface area contributed by atoms with Crippen molar-refractivity contribution in [3.63, 3.8) is 0 Å². The minimum atomic E-state index is 0.0751. The topological polar surface area (TPSA) is 33.7 Å². The van der Waals surface area contributed by atoms with E-state index in [1.807, 2.05) is 0 Å². The molecule has 4 heteroatoms. The summed E-state index contributed by atoms with van der Waals surface area (Å²) >= 11 is 0. The molecule has 3 heterocycles. The Labute approximate surface area is 160 Å². The van der Waals surface area contributed by atoms with Gasteiger partial charge in [0.1, 0.15) is 5.75 Å². The molecule has 3 saturated heterocycles. The molecule has 0 amide bonds. The van der Waals surface area contributed by atoms with E-state index < -0.39 is 0 Å². The predicted octanol–water partition coefficient (Wildman–Crippen LogP) is 2.10. The third-order valence-electron chi connectivity index (χ3n) is 9.81. The van der Waals surface area contributed by atoms with Crippen LogP contribution >= 0.6 is 0 Å². The second-order valence-corrected chi connectivity index (χ2v) is 10.6. The van der Waals surface area contributed by atoms with Crippen molar-refractivity contribution in [2.45, 2.75) is 61.3 Å². The number of piperidine rings is 1. The van der Waals surface area contributed by atoms with Gasteiger partial charge in [0.25, 0.3) is 0 Å². The number of methoxy groups -OCH3 is 1. The highest BCUT2D eigenvalue weighted by Gasteiger charge is 2.94. The quantitative estimate of drug-likeness (QED) is 0.891. The third-order valence-corrected chi connectivity index (χ3v) is 9.81. The molecule has 6 fully saturated rings. The average Bonchev–Trinajstić information content (AvgIpc) is 3.27. The number of ether oxygens (including phenoxy) is 2. The van der Waals surface area contributed by atoms with Gasteiger partial charge < -0.3 is 14.8 Å². The van der Waals surface area contributed by atoms with Crippen molar-refractivity contribution >= 4 is 0 Å². The number of likely N-dealkylation sites (tertiary alicyclic amines) is 1. The number of hydrogen-bond acceptors (Lipinski definition) is 4. The van der Waals surface area contributed by atoms with Crippen LogP contribution in [-0.4, -0.2) is 55.4 Å². The lowest BCUT2D eigenvalue weighted by Crippen LogP contribution is -2.94. The average molecular weight is 364 g/mol. The van der Waals surface area contributed by atoms with Gasteiger partial charge in [0.05, 0.1) is 18.8 Å². The summed E-state index contributed by atoms with van der Waals surface area (Å²) in [6.45, 7) is 3.68. The monoisotopic (exact) mass is 364 g/mol. The number of rotatable bonds is 3. The van der Waals surface area contributed by atoms with Crippen molar-refractivity contribution in [2.75, 3.05) is 26.7 Å². The zero-order valence-corrected chi connectivity index (χ0v) is 16.0. The highest BCUT2D eigenvalue weighted by Crippen LogP contribution is 2.85. The molecule has 1 aromatic carbocycles. The molecule has 0 radical (unpaired) electrons. The fourth-order valence-electron chi connectivity index (χ4n) is 9.29. The van der Waals surface area contributed by atoms with Crippen LogP contribution in [0.1, 0.15) is 36.8 Å². The number of benzene rings is 1. The lowest BCUT2D eigenvalue weighted by molar-refractivity contribution is -0.339. The first kappa shape index (κ1) is 14.8. The fourth-order valence-corrected chi connectivity index (χ4v) is 9.29. The molecule has 3 aliphatic heterocycles. The van der Waals surface area contributed by atoms with Gasteiger partial charge in [-0.2, -0.15) is 0 Å². The molecule has 2 spiro atoms. The summed E-state index contributed by atoms with van der Waals surface area (Å²) in [5, 5.41) is 3.83. The van der Waals surface area contributed by atoms with Crippen LogP contribution in [0.2, 0.25) is 0 Å². The lowest BCUT2D eigenvalue weighted by Gasteiger charge is -2.82. The smallest absolute Gasteiger partial charge is 0.119 e. The molecule has 7 atom stereocenters. The number of nitrogens with one attached hydrogen (secondary N) is 1. The second kappa shape index (κ2) is 4.24. The summed E-state index contributed by atoms with van der Waals surface area (Å²) in [6, 6.07) is 8.25. The molecule has 27 heavy (non-hydrogen) atoms. The highest BCUT2D eigenvalue weighted by molar-refractivity contribution is 5.62. The number of nitrogens with zero attached hydrogens (tertiary/aromatic N) is 1. The van der Waals surface area contributed by atoms with Crippen LogP contribution in [0.4, 0.5) is 0 Å². The number of fused-ring (bicyclic) bond motifs is 1. The van der Waals surface area contributed by atoms with Crippen molar-refractivity contribution in [3.05, 3.63) is 29.3 Å². The van der Waals surface area contributed by atoms with Gasteiger partial charge in [-0.1, -0.05) is 6.07 Å². The van der Waals surface area contributed by atoms with E-state index in [2.05, 4.69) is 28.4 Å². The van der Waals surface area contributed by atoms with E-state index in [1.165, 1.54) is 45.2 Å². The lowest BCUT2D eigenvalue weighted by atomic mass is 9.29. The van der Waals surface area contributed by atoms with Gasteiger partial charge in [-0.05, 0) is 61.3 Å². The Morgan fingerprint density at radius 3 is 3.07 bits per heavy atom. The van der Waals surface area contributed by atoms with Crippen LogP contribution in [0.3, 0.4) is 0 Å².